The Balaban J connectivity index is 0.00000144. The topological polar surface area (TPSA) is 40.1 Å². The van der Waals surface area contributed by atoms with Crippen molar-refractivity contribution in [2.45, 2.75) is 31.4 Å². The van der Waals surface area contributed by atoms with Crippen molar-refractivity contribution in [3.8, 4) is 0 Å². The summed E-state index contributed by atoms with van der Waals surface area (Å²) < 4.78 is 21.6. The van der Waals surface area contributed by atoms with Crippen molar-refractivity contribution in [1.82, 2.24) is 0 Å². The van der Waals surface area contributed by atoms with Crippen LogP contribution in [-0.2, 0) is 11.1 Å². The molecule has 0 spiro atoms. The molecule has 0 aromatic heterocycles. The molecule has 13 heavy (non-hydrogen) atoms. The fourth-order valence-electron chi connectivity index (χ4n) is 1.96. The van der Waals surface area contributed by atoms with Gasteiger partial charge in [0, 0.05) is 5.25 Å². The van der Waals surface area contributed by atoms with Gasteiger partial charge in [-0.2, -0.15) is 0 Å². The van der Waals surface area contributed by atoms with E-state index < -0.39 is 11.1 Å². The second-order valence-corrected chi connectivity index (χ2v) is 4.62. The maximum absolute atomic E-state index is 10.8. The minimum atomic E-state index is -1.90. The molecule has 2 nitrogen and oxygen atoms in total. The van der Waals surface area contributed by atoms with Crippen molar-refractivity contribution in [2.75, 3.05) is 0 Å². The third-order valence-electron chi connectivity index (χ3n) is 2.84. The van der Waals surface area contributed by atoms with Crippen LogP contribution < -0.4 is 29.6 Å². The van der Waals surface area contributed by atoms with E-state index in [9.17, 15) is 8.76 Å². The first-order valence-electron chi connectivity index (χ1n) is 4.37. The van der Waals surface area contributed by atoms with Crippen molar-refractivity contribution in [1.29, 1.82) is 0 Å². The number of hydrogen-bond donors (Lipinski definition) is 0. The molecule has 0 N–H and O–H groups in total. The Labute approximate surface area is 105 Å². The molecule has 1 unspecified atom stereocenters. The molecule has 4 heteroatoms. The Morgan fingerprint density at radius 1 is 1.54 bits per heavy atom. The normalized spacial score (nSPS) is 36.0. The Bertz CT molecular complexity index is 196. The van der Waals surface area contributed by atoms with Gasteiger partial charge in [-0.15, -0.1) is 6.58 Å². The molecule has 0 aromatic rings. The first-order chi connectivity index (χ1) is 5.66. The molecule has 0 saturated heterocycles. The zero-order valence-electron chi connectivity index (χ0n) is 8.36. The van der Waals surface area contributed by atoms with E-state index in [2.05, 4.69) is 6.58 Å². The van der Waals surface area contributed by atoms with Crippen LogP contribution in [0.4, 0.5) is 0 Å². The second-order valence-electron chi connectivity index (χ2n) is 3.49. The van der Waals surface area contributed by atoms with E-state index in [4.69, 9.17) is 0 Å². The first kappa shape index (κ1) is 13.8. The van der Waals surface area contributed by atoms with Gasteiger partial charge in [0.1, 0.15) is 0 Å². The van der Waals surface area contributed by atoms with Crippen LogP contribution in [0.25, 0.3) is 0 Å². The van der Waals surface area contributed by atoms with Crippen molar-refractivity contribution >= 4 is 11.1 Å². The number of rotatable bonds is 2. The summed E-state index contributed by atoms with van der Waals surface area (Å²) in [4.78, 5) is 0. The molecule has 0 amide bonds. The first-order valence-corrected chi connectivity index (χ1v) is 5.51. The van der Waals surface area contributed by atoms with Crippen LogP contribution in [0, 0.1) is 11.8 Å². The molecule has 0 bridgehead atoms. The Morgan fingerprint density at radius 2 is 2.15 bits per heavy atom. The summed E-state index contributed by atoms with van der Waals surface area (Å²) in [5, 5.41) is -0.151. The second kappa shape index (κ2) is 6.36. The van der Waals surface area contributed by atoms with Gasteiger partial charge < -0.3 is 4.55 Å². The van der Waals surface area contributed by atoms with Crippen LogP contribution in [0.5, 0.6) is 0 Å². The van der Waals surface area contributed by atoms with Gasteiger partial charge in [-0.1, -0.05) is 30.5 Å². The van der Waals surface area contributed by atoms with Crippen LogP contribution in [0.15, 0.2) is 12.7 Å². The zero-order chi connectivity index (χ0) is 9.14. The molecule has 1 saturated carbocycles. The van der Waals surface area contributed by atoms with Crippen LogP contribution in [0.1, 0.15) is 26.2 Å². The molecule has 1 fully saturated rings. The summed E-state index contributed by atoms with van der Waals surface area (Å²) >= 11 is -1.90. The molecule has 1 rings (SSSR count). The Morgan fingerprint density at radius 3 is 2.62 bits per heavy atom. The van der Waals surface area contributed by atoms with Gasteiger partial charge in [-0.3, -0.25) is 4.21 Å². The molecule has 0 heterocycles. The summed E-state index contributed by atoms with van der Waals surface area (Å²) in [5.74, 6) is 0.635. The van der Waals surface area contributed by atoms with Crippen LogP contribution in [0.3, 0.4) is 0 Å². The van der Waals surface area contributed by atoms with E-state index >= 15 is 0 Å². The smallest absolute Gasteiger partial charge is 0.772 e. The van der Waals surface area contributed by atoms with Gasteiger partial charge in [0.05, 0.1) is 0 Å². The van der Waals surface area contributed by atoms with Crippen molar-refractivity contribution in [3.05, 3.63) is 12.7 Å². The minimum Gasteiger partial charge on any atom is -0.772 e. The molecule has 0 aromatic carbocycles. The van der Waals surface area contributed by atoms with Gasteiger partial charge in [-0.05, 0) is 24.7 Å². The summed E-state index contributed by atoms with van der Waals surface area (Å²) in [6.07, 6.45) is 4.82. The molecular formula is C9H15NaO2S. The van der Waals surface area contributed by atoms with Gasteiger partial charge in [-0.25, -0.2) is 0 Å². The van der Waals surface area contributed by atoms with E-state index in [1.807, 2.05) is 13.0 Å². The molecule has 1 aliphatic rings. The van der Waals surface area contributed by atoms with Gasteiger partial charge >= 0.3 is 29.6 Å². The predicted molar refractivity (Wildman–Crippen MR) is 49.4 cm³/mol. The maximum Gasteiger partial charge on any atom is 1.00 e. The third-order valence-corrected chi connectivity index (χ3v) is 4.00. The van der Waals surface area contributed by atoms with E-state index in [-0.39, 0.29) is 40.7 Å². The monoisotopic (exact) mass is 210 g/mol. The van der Waals surface area contributed by atoms with Crippen LogP contribution >= 0.6 is 0 Å². The van der Waals surface area contributed by atoms with E-state index in [1.165, 1.54) is 0 Å². The Kier molecular flexibility index (Phi) is 6.77. The molecule has 70 valence electrons. The number of allylic oxidation sites excluding steroid dienone is 1. The van der Waals surface area contributed by atoms with Crippen molar-refractivity contribution in [2.24, 2.45) is 11.8 Å². The average Bonchev–Trinajstić information content (AvgIpc) is 2.04. The minimum absolute atomic E-state index is 0. The number of hydrogen-bond acceptors (Lipinski definition) is 2. The maximum atomic E-state index is 10.8. The van der Waals surface area contributed by atoms with E-state index in [0.717, 1.165) is 19.3 Å². The summed E-state index contributed by atoms with van der Waals surface area (Å²) in [6, 6.07) is 0. The zero-order valence-corrected chi connectivity index (χ0v) is 11.2. The van der Waals surface area contributed by atoms with Crippen LogP contribution in [-0.4, -0.2) is 14.0 Å². The largest absolute Gasteiger partial charge is 1.00 e. The SMILES string of the molecule is C=C[C@H]1CCC[C@H](S(=O)[O-])[C@H]1C.[Na+]. The quantitative estimate of drug-likeness (QED) is 0.328. The van der Waals surface area contributed by atoms with Gasteiger partial charge in [0.15, 0.2) is 0 Å². The fraction of sp³-hybridized carbons (Fsp3) is 0.778. The van der Waals surface area contributed by atoms with E-state index in [1.54, 1.807) is 0 Å². The Hall–Kier alpha value is 0.850. The summed E-state index contributed by atoms with van der Waals surface area (Å²) in [6.45, 7) is 5.73. The summed E-state index contributed by atoms with van der Waals surface area (Å²) in [7, 11) is 0. The summed E-state index contributed by atoms with van der Waals surface area (Å²) in [5.41, 5.74) is 0. The van der Waals surface area contributed by atoms with E-state index in [0.29, 0.717) is 5.92 Å². The molecule has 0 aliphatic heterocycles. The molecule has 0 radical (unpaired) electrons. The third kappa shape index (κ3) is 3.48. The molecule has 4 atom stereocenters. The standard InChI is InChI=1S/C9H16O2S.Na/c1-3-8-5-4-6-9(7(8)2)12(10)11;/h3,7-9H,1,4-6H2,2H3,(H,10,11);/q;+1/p-1/t7-,8-,9-;/m0./s1. The van der Waals surface area contributed by atoms with Gasteiger partial charge in [0.2, 0.25) is 0 Å². The fourth-order valence-corrected chi connectivity index (χ4v) is 2.87. The molecular weight excluding hydrogens is 195 g/mol. The average molecular weight is 210 g/mol. The van der Waals surface area contributed by atoms with Crippen LogP contribution in [0.2, 0.25) is 0 Å². The molecule has 1 aliphatic carbocycles. The van der Waals surface area contributed by atoms with Crippen molar-refractivity contribution < 1.29 is 38.3 Å². The van der Waals surface area contributed by atoms with Crippen molar-refractivity contribution in [3.63, 3.8) is 0 Å². The van der Waals surface area contributed by atoms with Gasteiger partial charge in [0.25, 0.3) is 0 Å². The predicted octanol–water partition coefficient (Wildman–Crippen LogP) is -1.14.